The second-order valence-corrected chi connectivity index (χ2v) is 4.94. The first kappa shape index (κ1) is 11.5. The molecule has 0 heterocycles. The molecular weight excluding hydrogens is 178 g/mol. The summed E-state index contributed by atoms with van der Waals surface area (Å²) in [6.45, 7) is 5.67. The molecule has 1 fully saturated rings. The molecule has 14 heavy (non-hydrogen) atoms. The molecule has 0 aromatic heterocycles. The standard InChI is InChI=1S/C11H21NO2/c1-8-6-4-5-7-9(8)12-11(2,3)10(13)14/h8-9,12H,4-7H2,1-3H3,(H,13,14). The van der Waals surface area contributed by atoms with E-state index in [1.165, 1.54) is 19.3 Å². The summed E-state index contributed by atoms with van der Waals surface area (Å²) in [6.07, 6.45) is 4.83. The summed E-state index contributed by atoms with van der Waals surface area (Å²) in [5.41, 5.74) is -0.795. The largest absolute Gasteiger partial charge is 0.480 e. The third-order valence-electron chi connectivity index (χ3n) is 3.19. The minimum absolute atomic E-state index is 0.370. The molecule has 0 amide bonds. The van der Waals surface area contributed by atoms with E-state index in [4.69, 9.17) is 5.11 Å². The smallest absolute Gasteiger partial charge is 0.323 e. The van der Waals surface area contributed by atoms with Crippen molar-refractivity contribution in [2.24, 2.45) is 5.92 Å². The first-order chi connectivity index (χ1) is 6.43. The minimum Gasteiger partial charge on any atom is -0.480 e. The highest BCUT2D eigenvalue weighted by molar-refractivity contribution is 5.77. The van der Waals surface area contributed by atoms with E-state index in [9.17, 15) is 4.79 Å². The van der Waals surface area contributed by atoms with Crippen molar-refractivity contribution in [3.8, 4) is 0 Å². The van der Waals surface area contributed by atoms with Crippen molar-refractivity contribution < 1.29 is 9.90 Å². The lowest BCUT2D eigenvalue weighted by molar-refractivity contribution is -0.144. The molecule has 1 rings (SSSR count). The summed E-state index contributed by atoms with van der Waals surface area (Å²) >= 11 is 0. The molecule has 3 heteroatoms. The monoisotopic (exact) mass is 199 g/mol. The number of carboxylic acids is 1. The van der Waals surface area contributed by atoms with Gasteiger partial charge in [-0.15, -0.1) is 0 Å². The van der Waals surface area contributed by atoms with Crippen molar-refractivity contribution in [2.45, 2.75) is 58.0 Å². The molecule has 0 spiro atoms. The number of carbonyl (C=O) groups is 1. The molecule has 2 unspecified atom stereocenters. The summed E-state index contributed by atoms with van der Waals surface area (Å²) < 4.78 is 0. The summed E-state index contributed by atoms with van der Waals surface area (Å²) in [5, 5.41) is 12.2. The number of aliphatic carboxylic acids is 1. The summed E-state index contributed by atoms with van der Waals surface area (Å²) in [6, 6.07) is 0.370. The van der Waals surface area contributed by atoms with Crippen LogP contribution in [0, 0.1) is 5.92 Å². The van der Waals surface area contributed by atoms with Crippen LogP contribution in [-0.2, 0) is 4.79 Å². The molecule has 0 aromatic rings. The zero-order valence-corrected chi connectivity index (χ0v) is 9.34. The van der Waals surface area contributed by atoms with E-state index < -0.39 is 11.5 Å². The minimum atomic E-state index is -0.795. The molecule has 3 nitrogen and oxygen atoms in total. The Hall–Kier alpha value is -0.570. The summed E-state index contributed by atoms with van der Waals surface area (Å²) in [4.78, 5) is 10.9. The van der Waals surface area contributed by atoms with Crippen molar-refractivity contribution in [3.63, 3.8) is 0 Å². The van der Waals surface area contributed by atoms with Crippen LogP contribution in [0.3, 0.4) is 0 Å². The maximum absolute atomic E-state index is 10.9. The molecule has 1 aliphatic rings. The Kier molecular flexibility index (Phi) is 3.53. The lowest BCUT2D eigenvalue weighted by Crippen LogP contribution is -2.54. The maximum atomic E-state index is 10.9. The van der Waals surface area contributed by atoms with Crippen LogP contribution in [0.1, 0.15) is 46.5 Å². The highest BCUT2D eigenvalue weighted by atomic mass is 16.4. The van der Waals surface area contributed by atoms with Crippen LogP contribution >= 0.6 is 0 Å². The van der Waals surface area contributed by atoms with Crippen molar-refractivity contribution in [1.82, 2.24) is 5.32 Å². The van der Waals surface area contributed by atoms with E-state index in [-0.39, 0.29) is 0 Å². The first-order valence-corrected chi connectivity index (χ1v) is 5.44. The van der Waals surface area contributed by atoms with Crippen LogP contribution in [0.4, 0.5) is 0 Å². The van der Waals surface area contributed by atoms with Gasteiger partial charge in [0.2, 0.25) is 0 Å². The molecular formula is C11H21NO2. The Morgan fingerprint density at radius 2 is 1.93 bits per heavy atom. The fraction of sp³-hybridized carbons (Fsp3) is 0.909. The summed E-state index contributed by atoms with van der Waals surface area (Å²) in [7, 11) is 0. The van der Waals surface area contributed by atoms with Crippen LogP contribution in [-0.4, -0.2) is 22.7 Å². The number of hydrogen-bond acceptors (Lipinski definition) is 2. The maximum Gasteiger partial charge on any atom is 0.323 e. The van der Waals surface area contributed by atoms with Gasteiger partial charge in [0, 0.05) is 6.04 Å². The fourth-order valence-corrected chi connectivity index (χ4v) is 2.06. The van der Waals surface area contributed by atoms with Gasteiger partial charge in [0.05, 0.1) is 0 Å². The molecule has 0 aliphatic heterocycles. The Morgan fingerprint density at radius 1 is 1.36 bits per heavy atom. The van der Waals surface area contributed by atoms with Crippen molar-refractivity contribution in [1.29, 1.82) is 0 Å². The van der Waals surface area contributed by atoms with Crippen molar-refractivity contribution in [2.75, 3.05) is 0 Å². The van der Waals surface area contributed by atoms with Crippen LogP contribution < -0.4 is 5.32 Å². The third kappa shape index (κ3) is 2.71. The summed E-state index contributed by atoms with van der Waals surface area (Å²) in [5.74, 6) is -0.169. The zero-order valence-electron chi connectivity index (χ0n) is 9.34. The Morgan fingerprint density at radius 3 is 2.43 bits per heavy atom. The van der Waals surface area contributed by atoms with E-state index in [2.05, 4.69) is 12.2 Å². The highest BCUT2D eigenvalue weighted by Gasteiger charge is 2.32. The second kappa shape index (κ2) is 4.30. The van der Waals surface area contributed by atoms with Crippen molar-refractivity contribution in [3.05, 3.63) is 0 Å². The van der Waals surface area contributed by atoms with E-state index in [1.54, 1.807) is 13.8 Å². The highest BCUT2D eigenvalue weighted by Crippen LogP contribution is 2.25. The Labute approximate surface area is 85.9 Å². The average Bonchev–Trinajstić information content (AvgIpc) is 2.08. The predicted octanol–water partition coefficient (Wildman–Crippen LogP) is 2.02. The number of carboxylic acid groups (broad SMARTS) is 1. The number of hydrogen-bond donors (Lipinski definition) is 2. The topological polar surface area (TPSA) is 49.3 Å². The lowest BCUT2D eigenvalue weighted by Gasteiger charge is -2.35. The van der Waals surface area contributed by atoms with Gasteiger partial charge in [-0.3, -0.25) is 10.1 Å². The molecule has 0 aromatic carbocycles. The van der Waals surface area contributed by atoms with Gasteiger partial charge in [-0.2, -0.15) is 0 Å². The third-order valence-corrected chi connectivity index (χ3v) is 3.19. The van der Waals surface area contributed by atoms with E-state index in [1.807, 2.05) is 0 Å². The SMILES string of the molecule is CC1CCCCC1NC(C)(C)C(=O)O. The van der Waals surface area contributed by atoms with Gasteiger partial charge in [-0.1, -0.05) is 19.8 Å². The molecule has 1 aliphatic carbocycles. The van der Waals surface area contributed by atoms with Crippen LogP contribution in [0.25, 0.3) is 0 Å². The predicted molar refractivity (Wildman–Crippen MR) is 56.3 cm³/mol. The quantitative estimate of drug-likeness (QED) is 0.731. The molecule has 0 saturated heterocycles. The molecule has 2 N–H and O–H groups in total. The molecule has 0 radical (unpaired) electrons. The van der Waals surface area contributed by atoms with Crippen LogP contribution in [0.5, 0.6) is 0 Å². The van der Waals surface area contributed by atoms with Gasteiger partial charge in [0.1, 0.15) is 5.54 Å². The molecule has 2 atom stereocenters. The van der Waals surface area contributed by atoms with Gasteiger partial charge in [-0.05, 0) is 32.6 Å². The van der Waals surface area contributed by atoms with Gasteiger partial charge in [0.25, 0.3) is 0 Å². The van der Waals surface area contributed by atoms with Gasteiger partial charge in [0.15, 0.2) is 0 Å². The van der Waals surface area contributed by atoms with Gasteiger partial charge >= 0.3 is 5.97 Å². The first-order valence-electron chi connectivity index (χ1n) is 5.44. The molecule has 1 saturated carbocycles. The van der Waals surface area contributed by atoms with E-state index in [0.717, 1.165) is 6.42 Å². The van der Waals surface area contributed by atoms with Crippen LogP contribution in [0.2, 0.25) is 0 Å². The van der Waals surface area contributed by atoms with Gasteiger partial charge in [-0.25, -0.2) is 0 Å². The van der Waals surface area contributed by atoms with E-state index >= 15 is 0 Å². The number of rotatable bonds is 3. The lowest BCUT2D eigenvalue weighted by atomic mass is 9.84. The second-order valence-electron chi connectivity index (χ2n) is 4.94. The molecule has 0 bridgehead atoms. The number of nitrogens with one attached hydrogen (secondary N) is 1. The van der Waals surface area contributed by atoms with E-state index in [0.29, 0.717) is 12.0 Å². The van der Waals surface area contributed by atoms with Crippen molar-refractivity contribution >= 4 is 5.97 Å². The van der Waals surface area contributed by atoms with Gasteiger partial charge < -0.3 is 5.11 Å². The fourth-order valence-electron chi connectivity index (χ4n) is 2.06. The average molecular weight is 199 g/mol. The Balaban J connectivity index is 2.53. The Bertz CT molecular complexity index is 213. The zero-order chi connectivity index (χ0) is 10.8. The van der Waals surface area contributed by atoms with Crippen LogP contribution in [0.15, 0.2) is 0 Å². The molecule has 82 valence electrons. The normalized spacial score (nSPS) is 28.8.